The molecule has 42 heavy (non-hydrogen) atoms. The first kappa shape index (κ1) is 21.3. The van der Waals surface area contributed by atoms with Crippen molar-refractivity contribution in [2.75, 3.05) is 0 Å². The van der Waals surface area contributed by atoms with Gasteiger partial charge in [0.15, 0.2) is 0 Å². The maximum absolute atomic E-state index is 9.30. The number of fused-ring (bicyclic) bond motifs is 3. The molecular weight excluding hydrogens is 504 g/mol. The highest BCUT2D eigenvalue weighted by Gasteiger charge is 2.22. The second-order valence-corrected chi connectivity index (χ2v) is 10.6. The van der Waals surface area contributed by atoms with Crippen LogP contribution in [0.3, 0.4) is 0 Å². The largest absolute Gasteiger partial charge is 0.0629 e. The first-order valence-electron chi connectivity index (χ1n) is 15.8. The standard InChI is InChI=1S/C42H28/c1-3-15-30(16-4-1)33-26-14-27-34(31-17-5-2-6-18-31)41(33)42-38-24-11-9-22-36(38)40(37-23-10-12-25-39(37)42)35-28-13-20-29-19-7-8-21-32(29)35/h1-28H/i14D,26D,27D. The minimum Gasteiger partial charge on any atom is -0.0622 e. The molecule has 0 radical (unpaired) electrons. The van der Waals surface area contributed by atoms with Gasteiger partial charge in [0.1, 0.15) is 0 Å². The fourth-order valence-electron chi connectivity index (χ4n) is 6.43. The lowest BCUT2D eigenvalue weighted by Crippen LogP contribution is -1.95. The van der Waals surface area contributed by atoms with E-state index in [2.05, 4.69) is 91.0 Å². The average Bonchev–Trinajstić information content (AvgIpc) is 3.10. The summed E-state index contributed by atoms with van der Waals surface area (Å²) in [7, 11) is 0. The van der Waals surface area contributed by atoms with Gasteiger partial charge in [-0.25, -0.2) is 0 Å². The normalized spacial score (nSPS) is 12.3. The Morgan fingerprint density at radius 3 is 1.29 bits per heavy atom. The van der Waals surface area contributed by atoms with Crippen molar-refractivity contribution in [1.82, 2.24) is 0 Å². The molecule has 0 atom stereocenters. The summed E-state index contributed by atoms with van der Waals surface area (Å²) in [6.07, 6.45) is 0. The summed E-state index contributed by atoms with van der Waals surface area (Å²) < 4.78 is 27.6. The molecule has 0 aliphatic carbocycles. The molecule has 0 N–H and O–H groups in total. The van der Waals surface area contributed by atoms with Gasteiger partial charge in [0.05, 0.1) is 4.11 Å². The first-order chi connectivity index (χ1) is 22.1. The van der Waals surface area contributed by atoms with Crippen molar-refractivity contribution < 1.29 is 4.11 Å². The van der Waals surface area contributed by atoms with E-state index < -0.39 is 0 Å². The van der Waals surface area contributed by atoms with Crippen molar-refractivity contribution in [2.24, 2.45) is 0 Å². The highest BCUT2D eigenvalue weighted by atomic mass is 14.2. The van der Waals surface area contributed by atoms with E-state index in [4.69, 9.17) is 1.37 Å². The minimum absolute atomic E-state index is 0.0622. The molecule has 0 fully saturated rings. The summed E-state index contributed by atoms with van der Waals surface area (Å²) >= 11 is 0. The second-order valence-electron chi connectivity index (χ2n) is 10.6. The molecule has 0 aromatic heterocycles. The van der Waals surface area contributed by atoms with Gasteiger partial charge in [-0.3, -0.25) is 0 Å². The average molecular weight is 536 g/mol. The molecule has 0 heteroatoms. The SMILES string of the molecule is [2H]c1c([2H])c(-c2ccccc2)c(-c2c3ccccc3c(-c3cccc4ccccc34)c3ccccc23)c(-c2ccccc2)c1[2H]. The number of benzene rings is 8. The van der Waals surface area contributed by atoms with E-state index in [1.54, 1.807) is 0 Å². The van der Waals surface area contributed by atoms with Gasteiger partial charge >= 0.3 is 0 Å². The van der Waals surface area contributed by atoms with Crippen molar-refractivity contribution in [3.63, 3.8) is 0 Å². The Morgan fingerprint density at radius 2 is 0.738 bits per heavy atom. The molecule has 0 heterocycles. The molecule has 0 nitrogen and oxygen atoms in total. The molecule has 8 rings (SSSR count). The third-order valence-corrected chi connectivity index (χ3v) is 8.24. The topological polar surface area (TPSA) is 0 Å². The van der Waals surface area contributed by atoms with Crippen molar-refractivity contribution in [3.8, 4) is 44.5 Å². The minimum atomic E-state index is -0.0718. The van der Waals surface area contributed by atoms with Crippen molar-refractivity contribution in [3.05, 3.63) is 170 Å². The third-order valence-electron chi connectivity index (χ3n) is 8.24. The second kappa shape index (κ2) is 10.2. The Bertz CT molecular complexity index is 2260. The van der Waals surface area contributed by atoms with Crippen LogP contribution in [0.2, 0.25) is 0 Å². The zero-order valence-electron chi connectivity index (χ0n) is 25.9. The van der Waals surface area contributed by atoms with Crippen molar-refractivity contribution >= 4 is 32.3 Å². The lowest BCUT2D eigenvalue weighted by atomic mass is 9.80. The number of hydrogen-bond acceptors (Lipinski definition) is 0. The molecule has 0 spiro atoms. The van der Waals surface area contributed by atoms with Gasteiger partial charge in [0.2, 0.25) is 0 Å². The molecule has 0 saturated carbocycles. The molecule has 0 aliphatic rings. The molecule has 0 amide bonds. The number of rotatable bonds is 4. The summed E-state index contributed by atoms with van der Waals surface area (Å²) in [4.78, 5) is 0. The maximum atomic E-state index is 9.30. The van der Waals surface area contributed by atoms with E-state index in [0.29, 0.717) is 11.1 Å². The molecular formula is C42H28. The van der Waals surface area contributed by atoms with Crippen LogP contribution in [-0.2, 0) is 0 Å². The smallest absolute Gasteiger partial charge is 0.0622 e. The molecule has 0 bridgehead atoms. The monoisotopic (exact) mass is 535 g/mol. The Balaban J connectivity index is 1.62. The zero-order valence-corrected chi connectivity index (χ0v) is 22.9. The Hall–Kier alpha value is -5.46. The van der Waals surface area contributed by atoms with E-state index in [0.717, 1.165) is 43.8 Å². The van der Waals surface area contributed by atoms with Crippen molar-refractivity contribution in [2.45, 2.75) is 0 Å². The highest BCUT2D eigenvalue weighted by Crippen LogP contribution is 2.49. The van der Waals surface area contributed by atoms with Gasteiger partial charge < -0.3 is 0 Å². The van der Waals surface area contributed by atoms with Crippen LogP contribution in [0.15, 0.2) is 170 Å². The van der Waals surface area contributed by atoms with E-state index >= 15 is 0 Å². The van der Waals surface area contributed by atoms with Gasteiger partial charge in [0, 0.05) is 0 Å². The summed E-state index contributed by atoms with van der Waals surface area (Å²) in [5.41, 5.74) is 7.18. The van der Waals surface area contributed by atoms with Crippen LogP contribution < -0.4 is 0 Å². The first-order valence-corrected chi connectivity index (χ1v) is 14.3. The fourth-order valence-corrected chi connectivity index (χ4v) is 6.43. The van der Waals surface area contributed by atoms with Crippen LogP contribution in [0, 0.1) is 0 Å². The quantitative estimate of drug-likeness (QED) is 0.197. The summed E-state index contributed by atoms with van der Waals surface area (Å²) in [6, 6.07) is 51.9. The predicted molar refractivity (Wildman–Crippen MR) is 181 cm³/mol. The van der Waals surface area contributed by atoms with Crippen LogP contribution in [0.4, 0.5) is 0 Å². The van der Waals surface area contributed by atoms with Gasteiger partial charge in [-0.2, -0.15) is 0 Å². The van der Waals surface area contributed by atoms with Crippen LogP contribution >= 0.6 is 0 Å². The fraction of sp³-hybridized carbons (Fsp3) is 0. The maximum Gasteiger partial charge on any atom is 0.0629 e. The van der Waals surface area contributed by atoms with Crippen molar-refractivity contribution in [1.29, 1.82) is 0 Å². The van der Waals surface area contributed by atoms with E-state index in [-0.39, 0.29) is 18.1 Å². The lowest BCUT2D eigenvalue weighted by Gasteiger charge is -2.22. The van der Waals surface area contributed by atoms with Crippen LogP contribution in [-0.4, -0.2) is 0 Å². The van der Waals surface area contributed by atoms with E-state index in [9.17, 15) is 2.74 Å². The molecule has 8 aromatic rings. The number of hydrogen-bond donors (Lipinski definition) is 0. The predicted octanol–water partition coefficient (Wildman–Crippen LogP) is 11.8. The molecule has 0 aliphatic heterocycles. The van der Waals surface area contributed by atoms with Gasteiger partial charge in [-0.1, -0.05) is 170 Å². The Kier molecular flexibility index (Phi) is 5.16. The summed E-state index contributed by atoms with van der Waals surface area (Å²) in [5, 5.41) is 6.68. The molecule has 8 aromatic carbocycles. The summed E-state index contributed by atoms with van der Waals surface area (Å²) in [6.45, 7) is 0. The molecule has 196 valence electrons. The van der Waals surface area contributed by atoms with E-state index in [1.807, 2.05) is 60.7 Å². The third kappa shape index (κ3) is 3.92. The highest BCUT2D eigenvalue weighted by molar-refractivity contribution is 6.25. The van der Waals surface area contributed by atoms with Crippen LogP contribution in [0.25, 0.3) is 76.8 Å². The van der Waals surface area contributed by atoms with Gasteiger partial charge in [-0.15, -0.1) is 0 Å². The van der Waals surface area contributed by atoms with Crippen LogP contribution in [0.1, 0.15) is 4.11 Å². The molecule has 0 saturated heterocycles. The Morgan fingerprint density at radius 1 is 0.310 bits per heavy atom. The summed E-state index contributed by atoms with van der Waals surface area (Å²) in [5.74, 6) is 0. The lowest BCUT2D eigenvalue weighted by molar-refractivity contribution is 1.58. The van der Waals surface area contributed by atoms with Gasteiger partial charge in [0.25, 0.3) is 0 Å². The van der Waals surface area contributed by atoms with Gasteiger partial charge in [-0.05, 0) is 76.8 Å². The van der Waals surface area contributed by atoms with E-state index in [1.165, 1.54) is 21.9 Å². The molecule has 0 unspecified atom stereocenters. The Labute approximate surface area is 250 Å². The van der Waals surface area contributed by atoms with Crippen LogP contribution in [0.5, 0.6) is 0 Å². The zero-order chi connectivity index (χ0) is 30.5.